The van der Waals surface area contributed by atoms with Crippen LogP contribution in [-0.4, -0.2) is 36.9 Å². The molecule has 0 aliphatic rings. The van der Waals surface area contributed by atoms with Crippen LogP contribution in [0.5, 0.6) is 11.5 Å². The lowest BCUT2D eigenvalue weighted by molar-refractivity contribution is -0.143. The number of carboxylic acid groups (broad SMARTS) is 1. The van der Waals surface area contributed by atoms with Crippen molar-refractivity contribution in [3.05, 3.63) is 108 Å². The van der Waals surface area contributed by atoms with Crippen molar-refractivity contribution in [3.8, 4) is 33.8 Å². The van der Waals surface area contributed by atoms with Crippen LogP contribution < -0.4 is 9.47 Å². The number of carbonyl (C=O) groups is 2. The Hall–Kier alpha value is -4.58. The largest absolute Gasteiger partial charge is 0.494 e. The summed E-state index contributed by atoms with van der Waals surface area (Å²) in [6.45, 7) is 3.20. The predicted octanol–water partition coefficient (Wildman–Crippen LogP) is 8.94. The number of esters is 1. The van der Waals surface area contributed by atoms with Gasteiger partial charge in [0, 0.05) is 12.8 Å². The van der Waals surface area contributed by atoms with Crippen LogP contribution in [0.3, 0.4) is 0 Å². The van der Waals surface area contributed by atoms with Crippen molar-refractivity contribution in [1.29, 1.82) is 0 Å². The van der Waals surface area contributed by atoms with E-state index < -0.39 is 5.97 Å². The minimum absolute atomic E-state index is 0.0488. The van der Waals surface area contributed by atoms with Gasteiger partial charge in [0.15, 0.2) is 0 Å². The van der Waals surface area contributed by atoms with Gasteiger partial charge in [-0.1, -0.05) is 85.6 Å². The molecule has 0 heterocycles. The van der Waals surface area contributed by atoms with Crippen LogP contribution in [0, 0.1) is 0 Å². The van der Waals surface area contributed by atoms with Crippen LogP contribution in [0.4, 0.5) is 0 Å². The molecule has 4 rings (SSSR count). The highest BCUT2D eigenvalue weighted by Crippen LogP contribution is 2.29. The molecule has 0 bridgehead atoms. The normalized spacial score (nSPS) is 10.8. The summed E-state index contributed by atoms with van der Waals surface area (Å²) in [5.41, 5.74) is 6.77. The van der Waals surface area contributed by atoms with E-state index >= 15 is 0 Å². The molecule has 0 fully saturated rings. The van der Waals surface area contributed by atoms with E-state index in [9.17, 15) is 14.7 Å². The molecule has 0 radical (unpaired) electrons. The summed E-state index contributed by atoms with van der Waals surface area (Å²) in [7, 11) is 0. The van der Waals surface area contributed by atoms with Crippen molar-refractivity contribution >= 4 is 11.9 Å². The number of benzene rings is 4. The Bertz CT molecular complexity index is 1500. The zero-order chi connectivity index (χ0) is 31.7. The van der Waals surface area contributed by atoms with Crippen molar-refractivity contribution in [2.75, 3.05) is 19.8 Å². The highest BCUT2D eigenvalue weighted by atomic mass is 16.5. The lowest BCUT2D eigenvalue weighted by atomic mass is 9.97. The fourth-order valence-corrected chi connectivity index (χ4v) is 5.36. The number of unbranched alkanes of at least 4 members (excludes halogenated alkanes) is 3. The predicted molar refractivity (Wildman–Crippen MR) is 179 cm³/mol. The van der Waals surface area contributed by atoms with E-state index in [-0.39, 0.29) is 12.4 Å². The molecule has 0 spiro atoms. The molecule has 0 aliphatic carbocycles. The Morgan fingerprint density at radius 3 is 2.07 bits per heavy atom. The summed E-state index contributed by atoms with van der Waals surface area (Å²) in [5.74, 6) is 0.522. The van der Waals surface area contributed by atoms with Crippen LogP contribution in [0.1, 0.15) is 63.0 Å². The minimum atomic E-state index is -0.829. The van der Waals surface area contributed by atoms with Gasteiger partial charge in [-0.3, -0.25) is 9.59 Å². The van der Waals surface area contributed by atoms with Crippen LogP contribution in [-0.2, 0) is 27.2 Å². The first-order valence-electron chi connectivity index (χ1n) is 16.0. The van der Waals surface area contributed by atoms with Gasteiger partial charge in [0.1, 0.15) is 11.5 Å². The average Bonchev–Trinajstić information content (AvgIpc) is 3.06. The molecule has 45 heavy (non-hydrogen) atoms. The molecule has 4 aromatic rings. The third-order valence-electron chi connectivity index (χ3n) is 7.65. The van der Waals surface area contributed by atoms with Crippen LogP contribution in [0.15, 0.2) is 97.1 Å². The standard InChI is InChI=1S/C39H44O6/c1-2-43-39(42)23-13-27-45-37-22-12-17-31(36(37)24-25-38(40)41)16-6-3-4-9-26-44-35-21-11-20-34(29-35)33-19-10-18-32(28-33)30-14-7-5-8-15-30/h5,7-8,10-12,14-15,17-22,28-29H,2-4,6,9,13,16,23-27H2,1H3,(H,40,41). The monoisotopic (exact) mass is 608 g/mol. The molecule has 0 saturated carbocycles. The maximum atomic E-state index is 11.6. The Labute approximate surface area is 267 Å². The van der Waals surface area contributed by atoms with Crippen LogP contribution in [0.25, 0.3) is 22.3 Å². The third-order valence-corrected chi connectivity index (χ3v) is 7.65. The second-order valence-corrected chi connectivity index (χ2v) is 11.0. The zero-order valence-corrected chi connectivity index (χ0v) is 26.2. The van der Waals surface area contributed by atoms with Gasteiger partial charge in [0.2, 0.25) is 0 Å². The van der Waals surface area contributed by atoms with E-state index in [4.69, 9.17) is 14.2 Å². The minimum Gasteiger partial charge on any atom is -0.494 e. The van der Waals surface area contributed by atoms with Gasteiger partial charge in [-0.05, 0) is 96.7 Å². The molecule has 0 atom stereocenters. The number of aryl methyl sites for hydroxylation is 1. The van der Waals surface area contributed by atoms with Crippen LogP contribution in [0.2, 0.25) is 0 Å². The summed E-state index contributed by atoms with van der Waals surface area (Å²) in [5, 5.41) is 9.28. The number of rotatable bonds is 19. The van der Waals surface area contributed by atoms with E-state index in [2.05, 4.69) is 66.7 Å². The van der Waals surface area contributed by atoms with Gasteiger partial charge in [-0.25, -0.2) is 0 Å². The van der Waals surface area contributed by atoms with Crippen molar-refractivity contribution in [3.63, 3.8) is 0 Å². The first-order chi connectivity index (χ1) is 22.0. The van der Waals surface area contributed by atoms with Crippen LogP contribution >= 0.6 is 0 Å². The first-order valence-corrected chi connectivity index (χ1v) is 16.0. The first kappa shape index (κ1) is 33.3. The Balaban J connectivity index is 1.22. The number of hydrogen-bond acceptors (Lipinski definition) is 5. The molecule has 6 heteroatoms. The number of carboxylic acids is 1. The quantitative estimate of drug-likeness (QED) is 0.0845. The van der Waals surface area contributed by atoms with Gasteiger partial charge >= 0.3 is 11.9 Å². The fraction of sp³-hybridized carbons (Fsp3) is 0.333. The summed E-state index contributed by atoms with van der Waals surface area (Å²) in [4.78, 5) is 22.9. The maximum absolute atomic E-state index is 11.6. The fourth-order valence-electron chi connectivity index (χ4n) is 5.36. The van der Waals surface area contributed by atoms with E-state index in [0.717, 1.165) is 60.1 Å². The highest BCUT2D eigenvalue weighted by Gasteiger charge is 2.12. The molecule has 0 amide bonds. The molecule has 1 N–H and O–H groups in total. The lowest BCUT2D eigenvalue weighted by Crippen LogP contribution is -2.09. The average molecular weight is 609 g/mol. The van der Waals surface area contributed by atoms with Gasteiger partial charge < -0.3 is 19.3 Å². The van der Waals surface area contributed by atoms with Crippen molar-refractivity contribution in [2.45, 2.75) is 64.7 Å². The molecule has 0 saturated heterocycles. The Kier molecular flexibility index (Phi) is 13.5. The number of hydrogen-bond donors (Lipinski definition) is 1. The SMILES string of the molecule is CCOC(=O)CCCOc1cccc(CCCCCCOc2cccc(-c3cccc(-c4ccccc4)c3)c2)c1CCC(=O)O. The van der Waals surface area contributed by atoms with Crippen molar-refractivity contribution < 1.29 is 28.9 Å². The number of carbonyl (C=O) groups excluding carboxylic acids is 1. The smallest absolute Gasteiger partial charge is 0.305 e. The van der Waals surface area contributed by atoms with Gasteiger partial charge in [0.25, 0.3) is 0 Å². The molecule has 6 nitrogen and oxygen atoms in total. The molecular formula is C39H44O6. The topological polar surface area (TPSA) is 82.1 Å². The summed E-state index contributed by atoms with van der Waals surface area (Å²) in [6, 6.07) is 33.2. The molecule has 236 valence electrons. The molecule has 0 aromatic heterocycles. The molecule has 4 aromatic carbocycles. The van der Waals surface area contributed by atoms with E-state index in [0.29, 0.717) is 44.8 Å². The number of aliphatic carboxylic acids is 1. The maximum Gasteiger partial charge on any atom is 0.305 e. The summed E-state index contributed by atoms with van der Waals surface area (Å²) >= 11 is 0. The number of ether oxygens (including phenoxy) is 3. The summed E-state index contributed by atoms with van der Waals surface area (Å²) < 4.78 is 17.1. The van der Waals surface area contributed by atoms with E-state index in [1.54, 1.807) is 6.92 Å². The van der Waals surface area contributed by atoms with Gasteiger partial charge in [-0.2, -0.15) is 0 Å². The zero-order valence-electron chi connectivity index (χ0n) is 26.2. The van der Waals surface area contributed by atoms with Gasteiger partial charge in [-0.15, -0.1) is 0 Å². The van der Waals surface area contributed by atoms with Crippen molar-refractivity contribution in [2.24, 2.45) is 0 Å². The second-order valence-electron chi connectivity index (χ2n) is 11.0. The van der Waals surface area contributed by atoms with E-state index in [1.807, 2.05) is 30.3 Å². The molecule has 0 aliphatic heterocycles. The Morgan fingerprint density at radius 2 is 1.29 bits per heavy atom. The second kappa shape index (κ2) is 18.3. The highest BCUT2D eigenvalue weighted by molar-refractivity contribution is 5.73. The lowest BCUT2D eigenvalue weighted by Gasteiger charge is -2.15. The van der Waals surface area contributed by atoms with Gasteiger partial charge in [0.05, 0.1) is 19.8 Å². The van der Waals surface area contributed by atoms with Crippen molar-refractivity contribution in [1.82, 2.24) is 0 Å². The summed E-state index contributed by atoms with van der Waals surface area (Å²) in [6.07, 6.45) is 6.25. The third kappa shape index (κ3) is 11.1. The van der Waals surface area contributed by atoms with E-state index in [1.165, 1.54) is 11.1 Å². The molecular weight excluding hydrogens is 564 g/mol. The molecule has 0 unspecified atom stereocenters. The Morgan fingerprint density at radius 1 is 0.622 bits per heavy atom.